The van der Waals surface area contributed by atoms with Gasteiger partial charge in [-0.15, -0.1) is 0 Å². The van der Waals surface area contributed by atoms with Gasteiger partial charge in [0.1, 0.15) is 0 Å². The van der Waals surface area contributed by atoms with E-state index in [1.807, 2.05) is 0 Å². The van der Waals surface area contributed by atoms with Crippen LogP contribution in [0.3, 0.4) is 0 Å². The molecule has 0 aliphatic carbocycles. The topological polar surface area (TPSA) is 50.4 Å². The van der Waals surface area contributed by atoms with Crippen LogP contribution in [0.25, 0.3) is 0 Å². The van der Waals surface area contributed by atoms with Crippen LogP contribution in [0.2, 0.25) is 0 Å². The molecule has 0 aromatic rings. The van der Waals surface area contributed by atoms with Gasteiger partial charge in [0.15, 0.2) is 0 Å². The van der Waals surface area contributed by atoms with Crippen LogP contribution in [0.4, 0.5) is 0 Å². The number of hydrogen-bond donors (Lipinski definition) is 2. The number of nitrogens with one attached hydrogen (secondary N) is 2. The lowest BCUT2D eigenvalue weighted by atomic mass is 9.93. The highest BCUT2D eigenvalue weighted by molar-refractivity contribution is 5.75. The minimum Gasteiger partial charge on any atom is -0.379 e. The summed E-state index contributed by atoms with van der Waals surface area (Å²) in [6.07, 6.45) is 4.12. The van der Waals surface area contributed by atoms with Crippen molar-refractivity contribution in [3.05, 3.63) is 0 Å². The van der Waals surface area contributed by atoms with Gasteiger partial charge < -0.3 is 15.4 Å². The van der Waals surface area contributed by atoms with Crippen molar-refractivity contribution < 1.29 is 9.53 Å². The molecule has 0 aromatic heterocycles. The normalized spacial score (nSPS) is 17.1. The van der Waals surface area contributed by atoms with E-state index >= 15 is 0 Å². The Morgan fingerprint density at radius 2 is 2.11 bits per heavy atom. The first-order chi connectivity index (χ1) is 8.68. The van der Waals surface area contributed by atoms with E-state index in [9.17, 15) is 4.79 Å². The smallest absolute Gasteiger partial charge is 0.220 e. The molecule has 106 valence electrons. The summed E-state index contributed by atoms with van der Waals surface area (Å²) in [4.78, 5) is 11.6. The predicted octanol–water partition coefficient (Wildman–Crippen LogP) is 1.55. The van der Waals surface area contributed by atoms with E-state index in [-0.39, 0.29) is 5.91 Å². The minimum absolute atomic E-state index is 0.168. The molecule has 1 fully saturated rings. The Hall–Kier alpha value is -0.610. The van der Waals surface area contributed by atoms with Crippen molar-refractivity contribution in [1.82, 2.24) is 10.6 Å². The maximum Gasteiger partial charge on any atom is 0.220 e. The molecular formula is C14H28N2O2. The SMILES string of the molecule is CC(C)COCCNC(=O)CCC1CCNCC1. The fourth-order valence-corrected chi connectivity index (χ4v) is 2.18. The lowest BCUT2D eigenvalue weighted by molar-refractivity contribution is -0.121. The van der Waals surface area contributed by atoms with Crippen LogP contribution in [0.15, 0.2) is 0 Å². The third kappa shape index (κ3) is 7.67. The second-order valence-corrected chi connectivity index (χ2v) is 5.55. The quantitative estimate of drug-likeness (QED) is 0.648. The molecule has 4 nitrogen and oxygen atoms in total. The summed E-state index contributed by atoms with van der Waals surface area (Å²) in [6.45, 7) is 8.49. The number of piperidine rings is 1. The highest BCUT2D eigenvalue weighted by Crippen LogP contribution is 2.17. The molecule has 1 aliphatic heterocycles. The van der Waals surface area contributed by atoms with Gasteiger partial charge in [0.25, 0.3) is 0 Å². The molecule has 0 atom stereocenters. The van der Waals surface area contributed by atoms with Crippen molar-refractivity contribution in [2.24, 2.45) is 11.8 Å². The molecule has 18 heavy (non-hydrogen) atoms. The summed E-state index contributed by atoms with van der Waals surface area (Å²) in [5, 5.41) is 6.26. The number of carbonyl (C=O) groups is 1. The molecule has 0 spiro atoms. The molecular weight excluding hydrogens is 228 g/mol. The van der Waals surface area contributed by atoms with Crippen LogP contribution in [0.1, 0.15) is 39.5 Å². The number of hydrogen-bond acceptors (Lipinski definition) is 3. The molecule has 2 N–H and O–H groups in total. The van der Waals surface area contributed by atoms with Crippen LogP contribution in [-0.2, 0) is 9.53 Å². The Labute approximate surface area is 111 Å². The van der Waals surface area contributed by atoms with E-state index in [1.165, 1.54) is 12.8 Å². The Bertz CT molecular complexity index is 226. The highest BCUT2D eigenvalue weighted by Gasteiger charge is 2.14. The zero-order chi connectivity index (χ0) is 13.2. The van der Waals surface area contributed by atoms with Crippen molar-refractivity contribution in [3.8, 4) is 0 Å². The molecule has 1 heterocycles. The van der Waals surface area contributed by atoms with Gasteiger partial charge in [-0.2, -0.15) is 0 Å². The van der Waals surface area contributed by atoms with E-state index in [4.69, 9.17) is 4.74 Å². The average molecular weight is 256 g/mol. The standard InChI is InChI=1S/C14H28N2O2/c1-12(2)11-18-10-9-16-14(17)4-3-13-5-7-15-8-6-13/h12-13,15H,3-11H2,1-2H3,(H,16,17). The molecule has 0 unspecified atom stereocenters. The molecule has 0 aromatic carbocycles. The summed E-state index contributed by atoms with van der Waals surface area (Å²) >= 11 is 0. The first-order valence-corrected chi connectivity index (χ1v) is 7.23. The second kappa shape index (κ2) is 9.34. The van der Waals surface area contributed by atoms with Gasteiger partial charge in [-0.3, -0.25) is 4.79 Å². The van der Waals surface area contributed by atoms with Gasteiger partial charge >= 0.3 is 0 Å². The third-order valence-electron chi connectivity index (χ3n) is 3.26. The highest BCUT2D eigenvalue weighted by atomic mass is 16.5. The van der Waals surface area contributed by atoms with Crippen LogP contribution in [0.5, 0.6) is 0 Å². The van der Waals surface area contributed by atoms with E-state index in [2.05, 4.69) is 24.5 Å². The zero-order valence-electron chi connectivity index (χ0n) is 11.8. The van der Waals surface area contributed by atoms with Gasteiger partial charge in [-0.05, 0) is 44.2 Å². The van der Waals surface area contributed by atoms with E-state index < -0.39 is 0 Å². The van der Waals surface area contributed by atoms with Crippen LogP contribution in [0, 0.1) is 11.8 Å². The number of rotatable bonds is 8. The summed E-state index contributed by atoms with van der Waals surface area (Å²) < 4.78 is 5.42. The molecule has 4 heteroatoms. The molecule has 0 radical (unpaired) electrons. The lowest BCUT2D eigenvalue weighted by Gasteiger charge is -2.22. The van der Waals surface area contributed by atoms with E-state index in [0.717, 1.165) is 32.0 Å². The van der Waals surface area contributed by atoms with Crippen molar-refractivity contribution in [3.63, 3.8) is 0 Å². The van der Waals surface area contributed by atoms with Crippen molar-refractivity contribution in [1.29, 1.82) is 0 Å². The molecule has 1 saturated heterocycles. The summed E-state index contributed by atoms with van der Waals surface area (Å²) in [5.41, 5.74) is 0. The Kier molecular flexibility index (Phi) is 8.01. The molecule has 0 bridgehead atoms. The fourth-order valence-electron chi connectivity index (χ4n) is 2.18. The van der Waals surface area contributed by atoms with Gasteiger partial charge in [0.2, 0.25) is 5.91 Å². The predicted molar refractivity (Wildman–Crippen MR) is 73.5 cm³/mol. The molecule has 1 rings (SSSR count). The number of ether oxygens (including phenoxy) is 1. The largest absolute Gasteiger partial charge is 0.379 e. The number of carbonyl (C=O) groups excluding carboxylic acids is 1. The summed E-state index contributed by atoms with van der Waals surface area (Å²) in [5.74, 6) is 1.46. The maximum atomic E-state index is 11.6. The Morgan fingerprint density at radius 3 is 2.78 bits per heavy atom. The Balaban J connectivity index is 1.93. The average Bonchev–Trinajstić information content (AvgIpc) is 2.37. The van der Waals surface area contributed by atoms with Gasteiger partial charge in [0, 0.05) is 19.6 Å². The Morgan fingerprint density at radius 1 is 1.39 bits per heavy atom. The maximum absolute atomic E-state index is 11.6. The van der Waals surface area contributed by atoms with Crippen LogP contribution >= 0.6 is 0 Å². The van der Waals surface area contributed by atoms with Gasteiger partial charge in [0.05, 0.1) is 6.61 Å². The molecule has 1 amide bonds. The van der Waals surface area contributed by atoms with Crippen molar-refractivity contribution >= 4 is 5.91 Å². The third-order valence-corrected chi connectivity index (χ3v) is 3.26. The van der Waals surface area contributed by atoms with Gasteiger partial charge in [-0.1, -0.05) is 13.8 Å². The fraction of sp³-hybridized carbons (Fsp3) is 0.929. The molecule has 0 saturated carbocycles. The summed E-state index contributed by atoms with van der Waals surface area (Å²) in [7, 11) is 0. The van der Waals surface area contributed by atoms with Crippen molar-refractivity contribution in [2.45, 2.75) is 39.5 Å². The monoisotopic (exact) mass is 256 g/mol. The summed E-state index contributed by atoms with van der Waals surface area (Å²) in [6, 6.07) is 0. The van der Waals surface area contributed by atoms with Crippen molar-refractivity contribution in [2.75, 3.05) is 32.8 Å². The lowest BCUT2D eigenvalue weighted by Crippen LogP contribution is -2.30. The van der Waals surface area contributed by atoms with Crippen LogP contribution in [-0.4, -0.2) is 38.8 Å². The zero-order valence-corrected chi connectivity index (χ0v) is 11.8. The molecule has 1 aliphatic rings. The number of amides is 1. The van der Waals surface area contributed by atoms with Gasteiger partial charge in [-0.25, -0.2) is 0 Å². The van der Waals surface area contributed by atoms with Crippen LogP contribution < -0.4 is 10.6 Å². The van der Waals surface area contributed by atoms with E-state index in [0.29, 0.717) is 25.5 Å². The first-order valence-electron chi connectivity index (χ1n) is 7.23. The first kappa shape index (κ1) is 15.4. The minimum atomic E-state index is 0.168. The second-order valence-electron chi connectivity index (χ2n) is 5.55. The van der Waals surface area contributed by atoms with E-state index in [1.54, 1.807) is 0 Å².